The first-order valence-electron chi connectivity index (χ1n) is 10.0. The smallest absolute Gasteiger partial charge is 0.250 e. The molecule has 0 saturated carbocycles. The molecule has 0 unspecified atom stereocenters. The molecular weight excluding hydrogens is 389 g/mol. The predicted octanol–water partition coefficient (Wildman–Crippen LogP) is 5.47. The highest BCUT2D eigenvalue weighted by molar-refractivity contribution is 7.78. The van der Waals surface area contributed by atoms with Gasteiger partial charge >= 0.3 is 0 Å². The lowest BCUT2D eigenvalue weighted by atomic mass is 9.87. The van der Waals surface area contributed by atoms with Gasteiger partial charge in [0.1, 0.15) is 0 Å². The minimum Gasteiger partial charge on any atom is -0.312 e. The molecule has 0 saturated heterocycles. The Morgan fingerprint density at radius 3 is 1.73 bits per heavy atom. The SMILES string of the molecule is C=CC(=O)N(CP(=O)(c1ccccc1)c1ccccc1)c1ccc(C(C)(C)C)cc1. The molecule has 154 valence electrons. The van der Waals surface area contributed by atoms with Crippen molar-refractivity contribution in [2.45, 2.75) is 26.2 Å². The maximum Gasteiger partial charge on any atom is 0.250 e. The molecule has 0 radical (unpaired) electrons. The van der Waals surface area contributed by atoms with Gasteiger partial charge in [-0.3, -0.25) is 4.79 Å². The first-order chi connectivity index (χ1) is 14.3. The summed E-state index contributed by atoms with van der Waals surface area (Å²) in [7, 11) is -3.10. The third-order valence-electron chi connectivity index (χ3n) is 5.17. The number of benzene rings is 3. The van der Waals surface area contributed by atoms with Gasteiger partial charge in [0.2, 0.25) is 0 Å². The van der Waals surface area contributed by atoms with Crippen LogP contribution in [-0.2, 0) is 14.8 Å². The largest absolute Gasteiger partial charge is 0.312 e. The molecule has 30 heavy (non-hydrogen) atoms. The molecule has 0 fully saturated rings. The average Bonchev–Trinajstić information content (AvgIpc) is 2.77. The van der Waals surface area contributed by atoms with Gasteiger partial charge < -0.3 is 9.46 Å². The minimum atomic E-state index is -3.10. The van der Waals surface area contributed by atoms with Gasteiger partial charge in [0.25, 0.3) is 5.91 Å². The number of rotatable bonds is 6. The molecule has 3 rings (SSSR count). The monoisotopic (exact) mass is 417 g/mol. The number of carbonyl (C=O) groups excluding carboxylic acids is 1. The van der Waals surface area contributed by atoms with Crippen LogP contribution in [0.3, 0.4) is 0 Å². The summed E-state index contributed by atoms with van der Waals surface area (Å²) in [6.45, 7) is 10.1. The van der Waals surface area contributed by atoms with Crippen LogP contribution >= 0.6 is 7.14 Å². The van der Waals surface area contributed by atoms with Gasteiger partial charge in [-0.1, -0.05) is 100 Å². The van der Waals surface area contributed by atoms with Crippen LogP contribution in [0.25, 0.3) is 0 Å². The highest BCUT2D eigenvalue weighted by Crippen LogP contribution is 2.45. The van der Waals surface area contributed by atoms with Crippen molar-refractivity contribution in [1.82, 2.24) is 0 Å². The van der Waals surface area contributed by atoms with Crippen LogP contribution < -0.4 is 15.5 Å². The normalized spacial score (nSPS) is 11.7. The molecule has 0 bridgehead atoms. The number of nitrogens with zero attached hydrogens (tertiary/aromatic N) is 1. The standard InChI is InChI=1S/C26H28NO2P/c1-5-25(28)27(22-18-16-21(17-19-22)26(2,3)4)20-30(29,23-12-8-6-9-13-23)24-14-10-7-11-15-24/h5-19H,1,20H2,2-4H3. The summed E-state index contributed by atoms with van der Waals surface area (Å²) in [5, 5.41) is 1.45. The van der Waals surface area contributed by atoms with E-state index in [0.717, 1.165) is 10.6 Å². The molecule has 0 aromatic heterocycles. The van der Waals surface area contributed by atoms with Crippen molar-refractivity contribution in [3.05, 3.63) is 103 Å². The molecule has 0 spiro atoms. The number of carbonyl (C=O) groups is 1. The summed E-state index contributed by atoms with van der Waals surface area (Å²) >= 11 is 0. The van der Waals surface area contributed by atoms with Crippen molar-refractivity contribution < 1.29 is 9.36 Å². The first-order valence-corrected chi connectivity index (χ1v) is 11.9. The first kappa shape index (κ1) is 21.8. The number of anilines is 1. The van der Waals surface area contributed by atoms with Gasteiger partial charge in [0, 0.05) is 16.3 Å². The molecule has 3 aromatic rings. The molecule has 0 aliphatic rings. The number of hydrogen-bond acceptors (Lipinski definition) is 2. The van der Waals surface area contributed by atoms with Crippen LogP contribution in [0.4, 0.5) is 5.69 Å². The fourth-order valence-electron chi connectivity index (χ4n) is 3.38. The summed E-state index contributed by atoms with van der Waals surface area (Å²) in [4.78, 5) is 14.4. The molecule has 0 heterocycles. The van der Waals surface area contributed by atoms with Crippen LogP contribution in [0.5, 0.6) is 0 Å². The van der Waals surface area contributed by atoms with Crippen LogP contribution in [0, 0.1) is 0 Å². The zero-order valence-electron chi connectivity index (χ0n) is 17.8. The quantitative estimate of drug-likeness (QED) is 0.394. The van der Waals surface area contributed by atoms with E-state index in [1.54, 1.807) is 4.90 Å². The van der Waals surface area contributed by atoms with Crippen molar-refractivity contribution in [3.8, 4) is 0 Å². The Morgan fingerprint density at radius 1 is 0.867 bits per heavy atom. The molecule has 0 N–H and O–H groups in total. The maximum atomic E-state index is 14.4. The van der Waals surface area contributed by atoms with Crippen LogP contribution in [0.1, 0.15) is 26.3 Å². The van der Waals surface area contributed by atoms with Crippen molar-refractivity contribution in [3.63, 3.8) is 0 Å². The van der Waals surface area contributed by atoms with E-state index in [1.807, 2.05) is 84.9 Å². The number of amides is 1. The highest BCUT2D eigenvalue weighted by atomic mass is 31.2. The van der Waals surface area contributed by atoms with E-state index in [9.17, 15) is 9.36 Å². The lowest BCUT2D eigenvalue weighted by molar-refractivity contribution is -0.114. The van der Waals surface area contributed by atoms with E-state index in [4.69, 9.17) is 0 Å². The lowest BCUT2D eigenvalue weighted by Crippen LogP contribution is -2.35. The third kappa shape index (κ3) is 4.63. The lowest BCUT2D eigenvalue weighted by Gasteiger charge is -2.29. The summed E-state index contributed by atoms with van der Waals surface area (Å²) in [6.07, 6.45) is 1.35. The van der Waals surface area contributed by atoms with E-state index in [-0.39, 0.29) is 17.6 Å². The second-order valence-electron chi connectivity index (χ2n) is 8.32. The average molecular weight is 417 g/mol. The molecule has 1 amide bonds. The van der Waals surface area contributed by atoms with E-state index >= 15 is 0 Å². The van der Waals surface area contributed by atoms with Crippen LogP contribution in [0.15, 0.2) is 97.6 Å². The topological polar surface area (TPSA) is 37.4 Å². The summed E-state index contributed by atoms with van der Waals surface area (Å²) < 4.78 is 14.4. The molecule has 0 atom stereocenters. The second kappa shape index (κ2) is 8.85. The molecule has 0 aliphatic heterocycles. The number of hydrogen-bond donors (Lipinski definition) is 0. The minimum absolute atomic E-state index is 0.00910. The van der Waals surface area contributed by atoms with Gasteiger partial charge in [-0.25, -0.2) is 0 Å². The van der Waals surface area contributed by atoms with Gasteiger partial charge in [-0.2, -0.15) is 0 Å². The maximum absolute atomic E-state index is 14.4. The Bertz CT molecular complexity index is 1010. The molecule has 0 aliphatic carbocycles. The van der Waals surface area contributed by atoms with Gasteiger partial charge in [-0.05, 0) is 29.2 Å². The second-order valence-corrected chi connectivity index (χ2v) is 11.1. The Hall–Kier alpha value is -2.90. The zero-order chi connectivity index (χ0) is 21.8. The van der Waals surface area contributed by atoms with E-state index in [0.29, 0.717) is 5.69 Å². The van der Waals surface area contributed by atoms with Crippen molar-refractivity contribution >= 4 is 29.3 Å². The zero-order valence-corrected chi connectivity index (χ0v) is 18.7. The molecule has 4 heteroatoms. The summed E-state index contributed by atoms with van der Waals surface area (Å²) in [5.74, 6) is -0.273. The predicted molar refractivity (Wildman–Crippen MR) is 127 cm³/mol. The van der Waals surface area contributed by atoms with Crippen LogP contribution in [-0.4, -0.2) is 12.2 Å². The van der Waals surface area contributed by atoms with Gasteiger partial charge in [0.05, 0.1) is 6.29 Å². The highest BCUT2D eigenvalue weighted by Gasteiger charge is 2.32. The van der Waals surface area contributed by atoms with Gasteiger partial charge in [0.15, 0.2) is 7.14 Å². The fraction of sp³-hybridized carbons (Fsp3) is 0.192. The Balaban J connectivity index is 2.08. The van der Waals surface area contributed by atoms with Crippen molar-refractivity contribution in [2.75, 3.05) is 11.2 Å². The van der Waals surface area contributed by atoms with Crippen molar-refractivity contribution in [2.24, 2.45) is 0 Å². The van der Waals surface area contributed by atoms with Gasteiger partial charge in [-0.15, -0.1) is 0 Å². The fourth-order valence-corrected chi connectivity index (χ4v) is 6.01. The summed E-state index contributed by atoms with van der Waals surface area (Å²) in [6, 6.07) is 26.7. The molecular formula is C26H28NO2P. The Kier molecular flexibility index (Phi) is 6.43. The Morgan fingerprint density at radius 2 is 1.33 bits per heavy atom. The Labute approximate surface area is 179 Å². The van der Waals surface area contributed by atoms with E-state index in [2.05, 4.69) is 27.4 Å². The summed E-state index contributed by atoms with van der Waals surface area (Å²) in [5.41, 5.74) is 1.89. The third-order valence-corrected chi connectivity index (χ3v) is 8.12. The van der Waals surface area contributed by atoms with Crippen molar-refractivity contribution in [1.29, 1.82) is 0 Å². The van der Waals surface area contributed by atoms with Crippen LogP contribution in [0.2, 0.25) is 0 Å². The van der Waals surface area contributed by atoms with E-state index < -0.39 is 7.14 Å². The molecule has 3 aromatic carbocycles. The molecule has 3 nitrogen and oxygen atoms in total. The van der Waals surface area contributed by atoms with E-state index in [1.165, 1.54) is 11.6 Å².